The van der Waals surface area contributed by atoms with Gasteiger partial charge in [0.25, 0.3) is 0 Å². The smallest absolute Gasteiger partial charge is 0.472 e. The second-order valence-corrected chi connectivity index (χ2v) is 18.4. The van der Waals surface area contributed by atoms with Crippen molar-refractivity contribution in [3.05, 3.63) is 60.8 Å². The molecule has 0 radical (unpaired) electrons. The van der Waals surface area contributed by atoms with Crippen LogP contribution >= 0.6 is 7.82 Å². The molecule has 370 valence electrons. The van der Waals surface area contributed by atoms with E-state index in [-0.39, 0.29) is 19.4 Å². The van der Waals surface area contributed by atoms with Crippen molar-refractivity contribution in [2.75, 3.05) is 19.8 Å². The summed E-state index contributed by atoms with van der Waals surface area (Å²) in [5.74, 6) is -2.39. The average molecular weight is 922 g/mol. The number of unbranched alkanes of at least 4 members (excludes halogenated alkanes) is 23. The Kier molecular flexibility index (Phi) is 44.6. The number of carboxylic acid groups (broad SMARTS) is 1. The van der Waals surface area contributed by atoms with Crippen molar-refractivity contribution < 1.29 is 47.5 Å². The highest BCUT2D eigenvalue weighted by Crippen LogP contribution is 2.43. The van der Waals surface area contributed by atoms with Crippen molar-refractivity contribution in [3.63, 3.8) is 0 Å². The fourth-order valence-electron chi connectivity index (χ4n) is 6.82. The Morgan fingerprint density at radius 2 is 0.875 bits per heavy atom. The maximum Gasteiger partial charge on any atom is 0.472 e. The van der Waals surface area contributed by atoms with E-state index in [1.54, 1.807) is 0 Å². The van der Waals surface area contributed by atoms with Crippen LogP contribution in [0.2, 0.25) is 0 Å². The third-order valence-corrected chi connectivity index (χ3v) is 11.7. The third-order valence-electron chi connectivity index (χ3n) is 10.7. The van der Waals surface area contributed by atoms with E-state index in [0.717, 1.165) is 77.0 Å². The standard InChI is InChI=1S/C52H92NO10P/c1-3-5-7-9-11-13-15-17-19-21-23-24-26-28-30-32-34-36-38-40-42-44-51(55)63-48(46-61-64(58,59)62-47-49(53)52(56)57)45-60-50(54)43-41-39-37-35-33-31-29-27-25-22-20-18-16-14-12-10-8-6-4-2/h5,7,11,13,17-20,23-24,48-49H,3-4,6,8-10,12,14-16,21-22,25-47,53H2,1-2H3,(H,56,57)(H,58,59)/b7-5-,13-11-,19-17-,20-18-,24-23-. The highest BCUT2D eigenvalue weighted by molar-refractivity contribution is 7.47. The zero-order chi connectivity index (χ0) is 47.0. The number of esters is 2. The van der Waals surface area contributed by atoms with E-state index in [1.807, 2.05) is 0 Å². The Hall–Kier alpha value is -2.82. The van der Waals surface area contributed by atoms with Crippen molar-refractivity contribution in [2.45, 2.75) is 231 Å². The van der Waals surface area contributed by atoms with Gasteiger partial charge in [0.15, 0.2) is 6.10 Å². The van der Waals surface area contributed by atoms with E-state index in [4.69, 9.17) is 24.8 Å². The molecule has 0 aliphatic heterocycles. The third kappa shape index (κ3) is 45.7. The molecule has 0 aliphatic rings. The van der Waals surface area contributed by atoms with Gasteiger partial charge in [-0.2, -0.15) is 0 Å². The molecular formula is C52H92NO10P. The van der Waals surface area contributed by atoms with E-state index in [9.17, 15) is 23.8 Å². The van der Waals surface area contributed by atoms with Gasteiger partial charge in [-0.1, -0.05) is 190 Å². The number of aliphatic carboxylic acids is 1. The van der Waals surface area contributed by atoms with Gasteiger partial charge in [-0.3, -0.25) is 23.4 Å². The summed E-state index contributed by atoms with van der Waals surface area (Å²) in [7, 11) is -4.73. The van der Waals surface area contributed by atoms with E-state index in [1.165, 1.54) is 103 Å². The van der Waals surface area contributed by atoms with Crippen LogP contribution in [0.25, 0.3) is 0 Å². The second-order valence-electron chi connectivity index (χ2n) is 16.9. The van der Waals surface area contributed by atoms with Gasteiger partial charge < -0.3 is 25.2 Å². The SMILES string of the molecule is CC/C=C\C/C=C\C/C=C\C/C=C\CCCCCCCCCCC(=O)OC(COC(=O)CCCCCCCCCCC/C=C\CCCCCCCC)COP(=O)(O)OCC(N)C(=O)O. The molecule has 0 aromatic carbocycles. The number of carboxylic acids is 1. The number of allylic oxidation sites excluding steroid dienone is 10. The molecule has 0 saturated heterocycles. The predicted molar refractivity (Wildman–Crippen MR) is 263 cm³/mol. The second kappa shape index (κ2) is 46.7. The van der Waals surface area contributed by atoms with Crippen LogP contribution in [-0.2, 0) is 37.5 Å². The van der Waals surface area contributed by atoms with E-state index in [2.05, 4.69) is 79.1 Å². The first-order chi connectivity index (χ1) is 31.1. The van der Waals surface area contributed by atoms with Gasteiger partial charge in [0, 0.05) is 12.8 Å². The summed E-state index contributed by atoms with van der Waals surface area (Å²) in [6, 6.07) is -1.53. The van der Waals surface area contributed by atoms with Crippen molar-refractivity contribution in [2.24, 2.45) is 5.73 Å². The molecule has 0 aromatic heterocycles. The van der Waals surface area contributed by atoms with Gasteiger partial charge >= 0.3 is 25.7 Å². The van der Waals surface area contributed by atoms with E-state index >= 15 is 0 Å². The largest absolute Gasteiger partial charge is 0.480 e. The maximum atomic E-state index is 12.7. The number of hydrogen-bond donors (Lipinski definition) is 3. The fourth-order valence-corrected chi connectivity index (χ4v) is 7.59. The number of nitrogens with two attached hydrogens (primary N) is 1. The molecule has 0 fully saturated rings. The van der Waals surface area contributed by atoms with Crippen molar-refractivity contribution in [3.8, 4) is 0 Å². The van der Waals surface area contributed by atoms with Gasteiger partial charge in [0.05, 0.1) is 13.2 Å². The molecule has 0 amide bonds. The van der Waals surface area contributed by atoms with Crippen molar-refractivity contribution in [1.82, 2.24) is 0 Å². The molecule has 0 aromatic rings. The summed E-state index contributed by atoms with van der Waals surface area (Å²) in [5.41, 5.74) is 5.35. The number of phosphoric acid groups is 1. The van der Waals surface area contributed by atoms with Crippen LogP contribution in [0, 0.1) is 0 Å². The zero-order valence-corrected chi connectivity index (χ0v) is 41.3. The predicted octanol–water partition coefficient (Wildman–Crippen LogP) is 14.3. The van der Waals surface area contributed by atoms with Crippen LogP contribution in [0.3, 0.4) is 0 Å². The molecule has 64 heavy (non-hydrogen) atoms. The number of ether oxygens (including phenoxy) is 2. The molecule has 11 nitrogen and oxygen atoms in total. The van der Waals surface area contributed by atoms with Gasteiger partial charge in [-0.15, -0.1) is 0 Å². The average Bonchev–Trinajstić information content (AvgIpc) is 3.27. The van der Waals surface area contributed by atoms with Crippen LogP contribution in [0.1, 0.15) is 219 Å². The number of carbonyl (C=O) groups excluding carboxylic acids is 2. The molecule has 3 atom stereocenters. The number of rotatable bonds is 47. The van der Waals surface area contributed by atoms with Gasteiger partial charge in [0.1, 0.15) is 12.6 Å². The lowest BCUT2D eigenvalue weighted by Gasteiger charge is -2.20. The first kappa shape index (κ1) is 61.2. The summed E-state index contributed by atoms with van der Waals surface area (Å²) in [6.45, 7) is 2.70. The molecule has 0 rings (SSSR count). The molecule has 0 aliphatic carbocycles. The monoisotopic (exact) mass is 922 g/mol. The minimum atomic E-state index is -4.73. The highest BCUT2D eigenvalue weighted by atomic mass is 31.2. The summed E-state index contributed by atoms with van der Waals surface area (Å²) in [6.07, 6.45) is 55.6. The first-order valence-electron chi connectivity index (χ1n) is 25.3. The Bertz CT molecular complexity index is 1310. The molecule has 12 heteroatoms. The van der Waals surface area contributed by atoms with Crippen molar-refractivity contribution in [1.29, 1.82) is 0 Å². The molecule has 0 spiro atoms. The first-order valence-corrected chi connectivity index (χ1v) is 26.8. The Balaban J connectivity index is 4.28. The number of hydrogen-bond acceptors (Lipinski definition) is 9. The van der Waals surface area contributed by atoms with Crippen LogP contribution in [-0.4, -0.2) is 59.9 Å². The van der Waals surface area contributed by atoms with Crippen LogP contribution in [0.15, 0.2) is 60.8 Å². The Labute approximate surface area is 389 Å². The normalized spacial score (nSPS) is 14.1. The summed E-state index contributed by atoms with van der Waals surface area (Å²) < 4.78 is 32.8. The molecule has 0 bridgehead atoms. The molecule has 0 heterocycles. The van der Waals surface area contributed by atoms with E-state index < -0.39 is 51.1 Å². The molecule has 3 unspecified atom stereocenters. The summed E-state index contributed by atoms with van der Waals surface area (Å²) >= 11 is 0. The Morgan fingerprint density at radius 1 is 0.500 bits per heavy atom. The lowest BCUT2D eigenvalue weighted by Crippen LogP contribution is -2.34. The van der Waals surface area contributed by atoms with Crippen LogP contribution in [0.5, 0.6) is 0 Å². The molecule has 4 N–H and O–H groups in total. The fraction of sp³-hybridized carbons (Fsp3) is 0.750. The number of phosphoric ester groups is 1. The van der Waals surface area contributed by atoms with Gasteiger partial charge in [-0.25, -0.2) is 4.57 Å². The zero-order valence-electron chi connectivity index (χ0n) is 40.4. The maximum absolute atomic E-state index is 12.7. The van der Waals surface area contributed by atoms with Crippen LogP contribution in [0.4, 0.5) is 0 Å². The summed E-state index contributed by atoms with van der Waals surface area (Å²) in [5, 5.41) is 8.92. The Morgan fingerprint density at radius 3 is 1.33 bits per heavy atom. The summed E-state index contributed by atoms with van der Waals surface area (Å²) in [4.78, 5) is 46.2. The van der Waals surface area contributed by atoms with Crippen molar-refractivity contribution >= 4 is 25.7 Å². The minimum Gasteiger partial charge on any atom is -0.480 e. The van der Waals surface area contributed by atoms with E-state index in [0.29, 0.717) is 12.8 Å². The molecular weight excluding hydrogens is 830 g/mol. The lowest BCUT2D eigenvalue weighted by atomic mass is 10.1. The topological polar surface area (TPSA) is 172 Å². The quantitative estimate of drug-likeness (QED) is 0.0230. The lowest BCUT2D eigenvalue weighted by molar-refractivity contribution is -0.161. The molecule has 0 saturated carbocycles. The van der Waals surface area contributed by atoms with Crippen LogP contribution < -0.4 is 5.73 Å². The highest BCUT2D eigenvalue weighted by Gasteiger charge is 2.28. The number of carbonyl (C=O) groups is 3. The minimum absolute atomic E-state index is 0.150. The van der Waals surface area contributed by atoms with Gasteiger partial charge in [0.2, 0.25) is 0 Å². The van der Waals surface area contributed by atoms with Gasteiger partial charge in [-0.05, 0) is 77.0 Å².